The summed E-state index contributed by atoms with van der Waals surface area (Å²) in [4.78, 5) is 26.3. The van der Waals surface area contributed by atoms with Gasteiger partial charge in [0, 0.05) is 30.8 Å². The first-order valence-corrected chi connectivity index (χ1v) is 9.04. The summed E-state index contributed by atoms with van der Waals surface area (Å²) in [5, 5.41) is 2.93. The first-order valence-electron chi connectivity index (χ1n) is 9.04. The summed E-state index contributed by atoms with van der Waals surface area (Å²) in [6, 6.07) is 13.0. The summed E-state index contributed by atoms with van der Waals surface area (Å²) in [6.07, 6.45) is 1.37. The molecule has 0 aliphatic carbocycles. The molecule has 0 aromatic heterocycles. The highest BCUT2D eigenvalue weighted by Gasteiger charge is 2.20. The number of nitrogens with one attached hydrogen (secondary N) is 1. The summed E-state index contributed by atoms with van der Waals surface area (Å²) in [6.45, 7) is 5.77. The molecule has 1 heterocycles. The van der Waals surface area contributed by atoms with Crippen LogP contribution in [0.1, 0.15) is 41.8 Å². The van der Waals surface area contributed by atoms with Gasteiger partial charge < -0.3 is 15.0 Å². The number of nitrogens with zero attached hydrogens (tertiary/aromatic N) is 1. The fraction of sp³-hybridized carbons (Fsp3) is 0.333. The van der Waals surface area contributed by atoms with E-state index in [2.05, 4.69) is 5.32 Å². The molecule has 136 valence electrons. The van der Waals surface area contributed by atoms with Crippen molar-refractivity contribution in [2.75, 3.05) is 18.5 Å². The fourth-order valence-corrected chi connectivity index (χ4v) is 3.14. The topological polar surface area (TPSA) is 58.6 Å². The van der Waals surface area contributed by atoms with Crippen molar-refractivity contribution in [1.29, 1.82) is 0 Å². The van der Waals surface area contributed by atoms with Crippen LogP contribution in [0.4, 0.5) is 5.69 Å². The van der Waals surface area contributed by atoms with Crippen LogP contribution in [0, 0.1) is 0 Å². The monoisotopic (exact) mass is 352 g/mol. The van der Waals surface area contributed by atoms with E-state index in [-0.39, 0.29) is 11.8 Å². The van der Waals surface area contributed by atoms with Crippen molar-refractivity contribution in [2.45, 2.75) is 33.2 Å². The van der Waals surface area contributed by atoms with Crippen LogP contribution in [0.15, 0.2) is 42.5 Å². The molecule has 0 saturated heterocycles. The zero-order valence-corrected chi connectivity index (χ0v) is 15.2. The minimum Gasteiger partial charge on any atom is -0.494 e. The van der Waals surface area contributed by atoms with E-state index in [9.17, 15) is 9.59 Å². The van der Waals surface area contributed by atoms with Crippen molar-refractivity contribution in [3.63, 3.8) is 0 Å². The normalized spacial score (nSPS) is 13.1. The number of hydrogen-bond donors (Lipinski definition) is 1. The number of rotatable bonds is 5. The van der Waals surface area contributed by atoms with Gasteiger partial charge in [0.05, 0.1) is 6.61 Å². The van der Waals surface area contributed by atoms with Gasteiger partial charge in [0.15, 0.2) is 0 Å². The van der Waals surface area contributed by atoms with Crippen LogP contribution in [-0.4, -0.2) is 29.9 Å². The number of hydrogen-bond acceptors (Lipinski definition) is 3. The quantitative estimate of drug-likeness (QED) is 0.894. The largest absolute Gasteiger partial charge is 0.494 e. The van der Waals surface area contributed by atoms with Gasteiger partial charge in [0.1, 0.15) is 5.75 Å². The number of fused-ring (bicyclic) bond motifs is 1. The van der Waals surface area contributed by atoms with E-state index in [1.165, 1.54) is 5.56 Å². The van der Waals surface area contributed by atoms with E-state index >= 15 is 0 Å². The Labute approximate surface area is 154 Å². The summed E-state index contributed by atoms with van der Waals surface area (Å²) < 4.78 is 5.40. The van der Waals surface area contributed by atoms with Crippen molar-refractivity contribution in [3.8, 4) is 5.75 Å². The van der Waals surface area contributed by atoms with Gasteiger partial charge in [-0.05, 0) is 60.9 Å². The number of benzene rings is 2. The van der Waals surface area contributed by atoms with Gasteiger partial charge in [-0.3, -0.25) is 9.59 Å². The molecule has 0 unspecified atom stereocenters. The summed E-state index contributed by atoms with van der Waals surface area (Å²) in [7, 11) is 0. The molecule has 0 radical (unpaired) electrons. The minimum absolute atomic E-state index is 0.162. The minimum atomic E-state index is -0.162. The Morgan fingerprint density at radius 3 is 2.54 bits per heavy atom. The van der Waals surface area contributed by atoms with Gasteiger partial charge in [-0.1, -0.05) is 13.0 Å². The van der Waals surface area contributed by atoms with Gasteiger partial charge in [-0.25, -0.2) is 0 Å². The number of carbonyl (C=O) groups is 2. The fourth-order valence-electron chi connectivity index (χ4n) is 3.14. The number of anilines is 1. The standard InChI is InChI=1S/C21H24N2O3/c1-3-20(24)23-12-11-15-5-8-18(13-17(15)14-23)22-21(25)16-6-9-19(10-7-16)26-4-2/h5-10,13H,3-4,11-12,14H2,1-2H3,(H,22,25). The highest BCUT2D eigenvalue weighted by Crippen LogP contribution is 2.23. The summed E-state index contributed by atoms with van der Waals surface area (Å²) in [5.74, 6) is 0.753. The van der Waals surface area contributed by atoms with Gasteiger partial charge in [0.2, 0.25) is 5.91 Å². The molecule has 2 aromatic rings. The Bertz CT molecular complexity index is 799. The van der Waals surface area contributed by atoms with Crippen molar-refractivity contribution in [1.82, 2.24) is 4.90 Å². The van der Waals surface area contributed by atoms with Gasteiger partial charge in [-0.2, -0.15) is 0 Å². The Kier molecular flexibility index (Phi) is 5.56. The molecule has 26 heavy (non-hydrogen) atoms. The molecule has 0 saturated carbocycles. The maximum Gasteiger partial charge on any atom is 0.255 e. The number of ether oxygens (including phenoxy) is 1. The van der Waals surface area contributed by atoms with Crippen LogP contribution in [0.5, 0.6) is 5.75 Å². The average Bonchev–Trinajstić information content (AvgIpc) is 2.67. The third-order valence-electron chi connectivity index (χ3n) is 4.56. The molecule has 0 spiro atoms. The summed E-state index contributed by atoms with van der Waals surface area (Å²) in [5.41, 5.74) is 3.66. The lowest BCUT2D eigenvalue weighted by atomic mass is 9.98. The van der Waals surface area contributed by atoms with E-state index < -0.39 is 0 Å². The molecule has 3 rings (SSSR count). The second kappa shape index (κ2) is 8.04. The maximum absolute atomic E-state index is 12.5. The van der Waals surface area contributed by atoms with Gasteiger partial charge in [-0.15, -0.1) is 0 Å². The smallest absolute Gasteiger partial charge is 0.255 e. The van der Waals surface area contributed by atoms with Gasteiger partial charge >= 0.3 is 0 Å². The van der Waals surface area contributed by atoms with Crippen molar-refractivity contribution >= 4 is 17.5 Å². The van der Waals surface area contributed by atoms with E-state index in [4.69, 9.17) is 4.74 Å². The van der Waals surface area contributed by atoms with Crippen molar-refractivity contribution in [2.24, 2.45) is 0 Å². The van der Waals surface area contributed by atoms with Crippen LogP contribution < -0.4 is 10.1 Å². The third-order valence-corrected chi connectivity index (χ3v) is 4.56. The molecule has 1 aliphatic rings. The second-order valence-corrected chi connectivity index (χ2v) is 6.31. The molecular formula is C21H24N2O3. The average molecular weight is 352 g/mol. The van der Waals surface area contributed by atoms with Crippen LogP contribution in [0.2, 0.25) is 0 Å². The molecule has 1 aliphatic heterocycles. The Morgan fingerprint density at radius 1 is 1.08 bits per heavy atom. The molecule has 1 N–H and O–H groups in total. The molecule has 0 bridgehead atoms. The predicted octanol–water partition coefficient (Wildman–Crippen LogP) is 3.63. The summed E-state index contributed by atoms with van der Waals surface area (Å²) >= 11 is 0. The van der Waals surface area contributed by atoms with Crippen molar-refractivity contribution < 1.29 is 14.3 Å². The SMILES string of the molecule is CCOc1ccc(C(=O)Nc2ccc3c(c2)CN(C(=O)CC)CC3)cc1. The zero-order chi connectivity index (χ0) is 18.5. The van der Waals surface area contributed by atoms with E-state index in [1.807, 2.05) is 36.9 Å². The number of amides is 2. The van der Waals surface area contributed by atoms with Crippen LogP contribution in [0.25, 0.3) is 0 Å². The van der Waals surface area contributed by atoms with Crippen LogP contribution >= 0.6 is 0 Å². The Hall–Kier alpha value is -2.82. The maximum atomic E-state index is 12.5. The zero-order valence-electron chi connectivity index (χ0n) is 15.2. The molecule has 5 heteroatoms. The second-order valence-electron chi connectivity index (χ2n) is 6.31. The van der Waals surface area contributed by atoms with Crippen molar-refractivity contribution in [3.05, 3.63) is 59.2 Å². The highest BCUT2D eigenvalue weighted by molar-refractivity contribution is 6.04. The molecular weight excluding hydrogens is 328 g/mol. The lowest BCUT2D eigenvalue weighted by Crippen LogP contribution is -2.35. The Morgan fingerprint density at radius 2 is 1.85 bits per heavy atom. The Balaban J connectivity index is 1.70. The third kappa shape index (κ3) is 4.04. The number of carbonyl (C=O) groups excluding carboxylic acids is 2. The lowest BCUT2D eigenvalue weighted by Gasteiger charge is -2.29. The first-order chi connectivity index (χ1) is 12.6. The van der Waals surface area contributed by atoms with Crippen LogP contribution in [0.3, 0.4) is 0 Å². The van der Waals surface area contributed by atoms with E-state index in [1.54, 1.807) is 24.3 Å². The molecule has 0 fully saturated rings. The van der Waals surface area contributed by atoms with E-state index in [0.717, 1.165) is 30.0 Å². The highest BCUT2D eigenvalue weighted by atomic mass is 16.5. The van der Waals surface area contributed by atoms with Crippen LogP contribution in [-0.2, 0) is 17.8 Å². The van der Waals surface area contributed by atoms with E-state index in [0.29, 0.717) is 25.1 Å². The molecule has 5 nitrogen and oxygen atoms in total. The molecule has 0 atom stereocenters. The first kappa shape index (κ1) is 18.0. The predicted molar refractivity (Wildman–Crippen MR) is 101 cm³/mol. The molecule has 2 aromatic carbocycles. The van der Waals surface area contributed by atoms with Gasteiger partial charge in [0.25, 0.3) is 5.91 Å². The molecule has 2 amide bonds. The lowest BCUT2D eigenvalue weighted by molar-refractivity contribution is -0.131.